The zero-order chi connectivity index (χ0) is 15.5. The largest absolute Gasteiger partial charge is 0.346 e. The maximum atomic E-state index is 13.0. The molecule has 1 amide bonds. The Morgan fingerprint density at radius 3 is 2.81 bits per heavy atom. The molecule has 0 atom stereocenters. The number of halogens is 2. The van der Waals surface area contributed by atoms with E-state index in [4.69, 9.17) is 5.73 Å². The van der Waals surface area contributed by atoms with Crippen molar-refractivity contribution in [1.29, 1.82) is 0 Å². The Bertz CT molecular complexity index is 627. The highest BCUT2D eigenvalue weighted by Gasteiger charge is 2.27. The van der Waals surface area contributed by atoms with Gasteiger partial charge in [-0.25, -0.2) is 18.4 Å². The molecule has 0 unspecified atom stereocenters. The predicted octanol–water partition coefficient (Wildman–Crippen LogP) is 0.900. The van der Waals surface area contributed by atoms with Crippen molar-refractivity contribution in [1.82, 2.24) is 20.1 Å². The summed E-state index contributed by atoms with van der Waals surface area (Å²) in [7, 11) is 0. The summed E-state index contributed by atoms with van der Waals surface area (Å²) in [4.78, 5) is 15.7. The van der Waals surface area contributed by atoms with E-state index in [1.807, 2.05) is 0 Å². The second-order valence-corrected chi connectivity index (χ2v) is 4.58. The van der Waals surface area contributed by atoms with Crippen LogP contribution < -0.4 is 11.1 Å². The molecule has 0 spiro atoms. The smallest absolute Gasteiger partial charge is 0.277 e. The van der Waals surface area contributed by atoms with Crippen LogP contribution in [-0.2, 0) is 0 Å². The minimum absolute atomic E-state index is 0.296. The summed E-state index contributed by atoms with van der Waals surface area (Å²) in [6.45, 7) is 0.200. The number of alkyl halides is 2. The number of rotatable bonds is 5. The van der Waals surface area contributed by atoms with Gasteiger partial charge in [0.15, 0.2) is 0 Å². The average molecular weight is 295 g/mol. The van der Waals surface area contributed by atoms with Gasteiger partial charge in [-0.2, -0.15) is 5.10 Å². The van der Waals surface area contributed by atoms with Crippen LogP contribution in [0.15, 0.2) is 30.9 Å². The molecule has 1 aromatic heterocycles. The van der Waals surface area contributed by atoms with Crippen molar-refractivity contribution in [2.24, 2.45) is 5.73 Å². The van der Waals surface area contributed by atoms with Crippen LogP contribution in [-0.4, -0.2) is 39.7 Å². The van der Waals surface area contributed by atoms with Gasteiger partial charge in [-0.05, 0) is 30.7 Å². The summed E-state index contributed by atoms with van der Waals surface area (Å²) in [6.07, 6.45) is 2.93. The van der Waals surface area contributed by atoms with Crippen LogP contribution in [0.25, 0.3) is 5.69 Å². The van der Waals surface area contributed by atoms with Crippen LogP contribution in [0.5, 0.6) is 0 Å². The summed E-state index contributed by atoms with van der Waals surface area (Å²) in [5.74, 6) is -3.68. The topological polar surface area (TPSA) is 85.8 Å². The summed E-state index contributed by atoms with van der Waals surface area (Å²) in [6, 6.07) is 4.83. The van der Waals surface area contributed by atoms with Crippen molar-refractivity contribution in [2.45, 2.75) is 12.8 Å². The normalized spacial score (nSPS) is 11.4. The molecule has 0 saturated carbocycles. The maximum Gasteiger partial charge on any atom is 0.277 e. The number of aromatic nitrogens is 3. The number of carbonyl (C=O) groups excluding carboxylic acids is 1. The number of carbonyl (C=O) groups is 1. The predicted molar refractivity (Wildman–Crippen MR) is 72.4 cm³/mol. The highest BCUT2D eigenvalue weighted by molar-refractivity contribution is 5.94. The Morgan fingerprint density at radius 1 is 1.48 bits per heavy atom. The Hall–Kier alpha value is -2.35. The molecular weight excluding hydrogens is 280 g/mol. The van der Waals surface area contributed by atoms with Gasteiger partial charge in [-0.3, -0.25) is 4.79 Å². The van der Waals surface area contributed by atoms with Gasteiger partial charge in [0.1, 0.15) is 12.7 Å². The van der Waals surface area contributed by atoms with E-state index in [9.17, 15) is 13.6 Å². The molecule has 6 nitrogen and oxygen atoms in total. The number of nitrogens with zero attached hydrogens (tertiary/aromatic N) is 3. The average Bonchev–Trinajstić information content (AvgIpc) is 2.98. The van der Waals surface area contributed by atoms with E-state index >= 15 is 0 Å². The van der Waals surface area contributed by atoms with Crippen molar-refractivity contribution >= 4 is 5.91 Å². The van der Waals surface area contributed by atoms with Gasteiger partial charge >= 0.3 is 0 Å². The van der Waals surface area contributed by atoms with Gasteiger partial charge in [-0.15, -0.1) is 0 Å². The van der Waals surface area contributed by atoms with Crippen LogP contribution in [0, 0.1) is 6.92 Å². The Morgan fingerprint density at radius 2 is 2.24 bits per heavy atom. The standard InChI is InChI=1S/C13H15F2N5O/c1-9-4-10(12(21)18-6-13(14,15)5-16)2-3-11(9)20-8-17-7-19-20/h2-4,7-8H,5-6,16H2,1H3,(H,18,21). The number of amides is 1. The molecule has 0 radical (unpaired) electrons. The molecule has 0 aliphatic rings. The van der Waals surface area contributed by atoms with Crippen molar-refractivity contribution in [3.8, 4) is 5.69 Å². The lowest BCUT2D eigenvalue weighted by atomic mass is 10.1. The van der Waals surface area contributed by atoms with Gasteiger partial charge in [0, 0.05) is 5.56 Å². The third-order valence-corrected chi connectivity index (χ3v) is 2.93. The third kappa shape index (κ3) is 3.60. The first-order chi connectivity index (χ1) is 9.93. The lowest BCUT2D eigenvalue weighted by Crippen LogP contribution is -2.41. The van der Waals surface area contributed by atoms with Gasteiger partial charge in [0.05, 0.1) is 18.8 Å². The first kappa shape index (κ1) is 15.0. The molecule has 112 valence electrons. The van der Waals surface area contributed by atoms with Crippen molar-refractivity contribution in [3.05, 3.63) is 42.0 Å². The molecule has 0 saturated heterocycles. The summed E-state index contributed by atoms with van der Waals surface area (Å²) in [5.41, 5.74) is 6.75. The quantitative estimate of drug-likeness (QED) is 0.858. The molecule has 1 aromatic carbocycles. The first-order valence-electron chi connectivity index (χ1n) is 6.25. The fourth-order valence-corrected chi connectivity index (χ4v) is 1.77. The number of nitrogens with two attached hydrogens (primary N) is 1. The van der Waals surface area contributed by atoms with Crippen molar-refractivity contribution in [3.63, 3.8) is 0 Å². The molecule has 0 aliphatic heterocycles. The minimum atomic E-state index is -3.11. The van der Waals surface area contributed by atoms with Crippen molar-refractivity contribution in [2.75, 3.05) is 13.1 Å². The second kappa shape index (κ2) is 5.96. The SMILES string of the molecule is Cc1cc(C(=O)NCC(F)(F)CN)ccc1-n1cncn1. The molecule has 8 heteroatoms. The molecule has 0 bridgehead atoms. The monoisotopic (exact) mass is 295 g/mol. The zero-order valence-electron chi connectivity index (χ0n) is 11.4. The molecule has 1 heterocycles. The van der Waals surface area contributed by atoms with E-state index in [1.54, 1.807) is 29.8 Å². The van der Waals surface area contributed by atoms with Gasteiger partial charge in [-0.1, -0.05) is 0 Å². The number of nitrogens with one attached hydrogen (secondary N) is 1. The maximum absolute atomic E-state index is 13.0. The molecule has 2 aromatic rings. The lowest BCUT2D eigenvalue weighted by Gasteiger charge is -2.15. The first-order valence-corrected chi connectivity index (χ1v) is 6.25. The third-order valence-electron chi connectivity index (χ3n) is 2.93. The number of aryl methyl sites for hydroxylation is 1. The van der Waals surface area contributed by atoms with E-state index in [-0.39, 0.29) is 0 Å². The number of hydrogen-bond acceptors (Lipinski definition) is 4. The fraction of sp³-hybridized carbons (Fsp3) is 0.308. The zero-order valence-corrected chi connectivity index (χ0v) is 11.4. The minimum Gasteiger partial charge on any atom is -0.346 e. The van der Waals surface area contributed by atoms with Crippen LogP contribution in [0.2, 0.25) is 0 Å². The van der Waals surface area contributed by atoms with Gasteiger partial charge in [0.2, 0.25) is 0 Å². The lowest BCUT2D eigenvalue weighted by molar-refractivity contribution is 0.0118. The van der Waals surface area contributed by atoms with E-state index in [0.717, 1.165) is 11.3 Å². The second-order valence-electron chi connectivity index (χ2n) is 4.58. The van der Waals surface area contributed by atoms with Crippen molar-refractivity contribution < 1.29 is 13.6 Å². The number of benzene rings is 1. The Balaban J connectivity index is 2.11. The number of hydrogen-bond donors (Lipinski definition) is 2. The fourth-order valence-electron chi connectivity index (χ4n) is 1.77. The highest BCUT2D eigenvalue weighted by atomic mass is 19.3. The Labute approximate surface area is 120 Å². The summed E-state index contributed by atoms with van der Waals surface area (Å²) >= 11 is 0. The van der Waals surface area contributed by atoms with Crippen LogP contribution in [0.3, 0.4) is 0 Å². The molecule has 2 rings (SSSR count). The molecule has 0 fully saturated rings. The van der Waals surface area contributed by atoms with E-state index < -0.39 is 24.9 Å². The van der Waals surface area contributed by atoms with Crippen LogP contribution >= 0.6 is 0 Å². The molecular formula is C13H15F2N5O. The molecule has 0 aliphatic carbocycles. The van der Waals surface area contributed by atoms with Crippen LogP contribution in [0.1, 0.15) is 15.9 Å². The molecule has 3 N–H and O–H groups in total. The highest BCUT2D eigenvalue weighted by Crippen LogP contribution is 2.15. The van der Waals surface area contributed by atoms with E-state index in [2.05, 4.69) is 15.4 Å². The Kier molecular flexibility index (Phi) is 4.27. The summed E-state index contributed by atoms with van der Waals surface area (Å²) < 4.78 is 27.6. The van der Waals surface area contributed by atoms with Gasteiger partial charge < -0.3 is 11.1 Å². The van der Waals surface area contributed by atoms with E-state index in [1.165, 1.54) is 12.7 Å². The van der Waals surface area contributed by atoms with E-state index in [0.29, 0.717) is 5.56 Å². The van der Waals surface area contributed by atoms with Crippen LogP contribution in [0.4, 0.5) is 8.78 Å². The summed E-state index contributed by atoms with van der Waals surface area (Å²) in [5, 5.41) is 6.16. The molecule has 21 heavy (non-hydrogen) atoms. The van der Waals surface area contributed by atoms with Gasteiger partial charge in [0.25, 0.3) is 11.8 Å².